The van der Waals surface area contributed by atoms with Crippen molar-refractivity contribution < 1.29 is 17.9 Å². The standard InChI is InChI=1S/C21H27N3O4S/c25-20(22-13-15-6-12-29(26,27)14-15)24-9-7-21(8-10-24)19-17(5-11-28-21)16-3-1-2-4-18(16)23-19/h1-4,15,23H,5-14H2,(H,22,25). The van der Waals surface area contributed by atoms with Gasteiger partial charge in [-0.25, -0.2) is 13.2 Å². The summed E-state index contributed by atoms with van der Waals surface area (Å²) in [5.41, 5.74) is 3.34. The van der Waals surface area contributed by atoms with Crippen molar-refractivity contribution in [2.45, 2.75) is 31.3 Å². The number of nitrogens with one attached hydrogen (secondary N) is 2. The Bertz CT molecular complexity index is 1040. The zero-order chi connectivity index (χ0) is 20.1. The molecule has 7 nitrogen and oxygen atoms in total. The van der Waals surface area contributed by atoms with E-state index >= 15 is 0 Å². The molecule has 0 bridgehead atoms. The van der Waals surface area contributed by atoms with Gasteiger partial charge < -0.3 is 19.9 Å². The highest BCUT2D eigenvalue weighted by Crippen LogP contribution is 2.43. The minimum Gasteiger partial charge on any atom is -0.368 e. The number of aromatic nitrogens is 1. The first-order valence-corrected chi connectivity index (χ1v) is 12.3. The van der Waals surface area contributed by atoms with Gasteiger partial charge >= 0.3 is 6.03 Å². The molecule has 2 N–H and O–H groups in total. The smallest absolute Gasteiger partial charge is 0.317 e. The van der Waals surface area contributed by atoms with Gasteiger partial charge in [-0.3, -0.25) is 0 Å². The quantitative estimate of drug-likeness (QED) is 0.784. The molecule has 1 atom stereocenters. The molecule has 0 radical (unpaired) electrons. The van der Waals surface area contributed by atoms with Crippen LogP contribution in [-0.4, -0.2) is 62.1 Å². The van der Waals surface area contributed by atoms with Crippen LogP contribution in [0.3, 0.4) is 0 Å². The summed E-state index contributed by atoms with van der Waals surface area (Å²) in [6.45, 7) is 2.40. The predicted molar refractivity (Wildman–Crippen MR) is 111 cm³/mol. The van der Waals surface area contributed by atoms with Crippen molar-refractivity contribution in [3.8, 4) is 0 Å². The lowest BCUT2D eigenvalue weighted by molar-refractivity contribution is -0.0948. The summed E-state index contributed by atoms with van der Waals surface area (Å²) in [5, 5.41) is 4.21. The van der Waals surface area contributed by atoms with Gasteiger partial charge in [0.1, 0.15) is 5.60 Å². The van der Waals surface area contributed by atoms with Gasteiger partial charge in [-0.2, -0.15) is 0 Å². The predicted octanol–water partition coefficient (Wildman–Crippen LogP) is 2.18. The van der Waals surface area contributed by atoms with E-state index in [-0.39, 0.29) is 29.1 Å². The molecule has 2 saturated heterocycles. The molecular formula is C21H27N3O4S. The van der Waals surface area contributed by atoms with Crippen LogP contribution in [0.25, 0.3) is 10.9 Å². The van der Waals surface area contributed by atoms with Crippen LogP contribution in [0.5, 0.6) is 0 Å². The van der Waals surface area contributed by atoms with E-state index in [2.05, 4.69) is 28.5 Å². The van der Waals surface area contributed by atoms with Gasteiger partial charge in [-0.1, -0.05) is 18.2 Å². The maximum Gasteiger partial charge on any atom is 0.317 e. The second kappa shape index (κ2) is 7.02. The molecule has 1 unspecified atom stereocenters. The number of hydrogen-bond donors (Lipinski definition) is 2. The summed E-state index contributed by atoms with van der Waals surface area (Å²) >= 11 is 0. The molecule has 2 fully saturated rings. The third kappa shape index (κ3) is 3.42. The van der Waals surface area contributed by atoms with Crippen molar-refractivity contribution in [2.24, 2.45) is 5.92 Å². The van der Waals surface area contributed by atoms with Crippen molar-refractivity contribution in [3.05, 3.63) is 35.5 Å². The van der Waals surface area contributed by atoms with Gasteiger partial charge in [-0.15, -0.1) is 0 Å². The second-order valence-corrected chi connectivity index (χ2v) is 10.8. The number of sulfone groups is 1. The summed E-state index contributed by atoms with van der Waals surface area (Å²) < 4.78 is 29.5. The highest BCUT2D eigenvalue weighted by molar-refractivity contribution is 7.91. The minimum atomic E-state index is -2.91. The Morgan fingerprint density at radius 3 is 2.83 bits per heavy atom. The largest absolute Gasteiger partial charge is 0.368 e. The monoisotopic (exact) mass is 417 g/mol. The maximum absolute atomic E-state index is 12.6. The van der Waals surface area contributed by atoms with Crippen molar-refractivity contribution in [3.63, 3.8) is 0 Å². The number of nitrogens with zero attached hydrogens (tertiary/aromatic N) is 1. The SMILES string of the molecule is O=C(NCC1CCS(=O)(=O)C1)N1CCC2(CC1)OCCc1c2[nH]c2ccccc12. The van der Waals surface area contributed by atoms with E-state index in [9.17, 15) is 13.2 Å². The van der Waals surface area contributed by atoms with E-state index in [1.165, 1.54) is 16.6 Å². The van der Waals surface area contributed by atoms with Gasteiger partial charge in [0.2, 0.25) is 0 Å². The van der Waals surface area contributed by atoms with E-state index in [0.29, 0.717) is 32.7 Å². The van der Waals surface area contributed by atoms with Crippen LogP contribution < -0.4 is 5.32 Å². The summed E-state index contributed by atoms with van der Waals surface area (Å²) in [5.74, 6) is 0.466. The van der Waals surface area contributed by atoms with Crippen LogP contribution in [-0.2, 0) is 26.6 Å². The van der Waals surface area contributed by atoms with Gasteiger partial charge in [0, 0.05) is 30.5 Å². The maximum atomic E-state index is 12.6. The summed E-state index contributed by atoms with van der Waals surface area (Å²) in [4.78, 5) is 18.0. The second-order valence-electron chi connectivity index (χ2n) is 8.56. The number of urea groups is 1. The molecule has 0 aliphatic carbocycles. The number of piperidine rings is 1. The first-order valence-electron chi connectivity index (χ1n) is 10.4. The average Bonchev–Trinajstić information content (AvgIpc) is 3.27. The first kappa shape index (κ1) is 18.9. The number of hydrogen-bond acceptors (Lipinski definition) is 4. The van der Waals surface area contributed by atoms with E-state index in [0.717, 1.165) is 24.8 Å². The molecule has 2 amide bonds. The Kier molecular flexibility index (Phi) is 4.58. The van der Waals surface area contributed by atoms with Gasteiger partial charge in [0.15, 0.2) is 9.84 Å². The van der Waals surface area contributed by atoms with Crippen LogP contribution in [0.2, 0.25) is 0 Å². The zero-order valence-electron chi connectivity index (χ0n) is 16.4. The van der Waals surface area contributed by atoms with Gasteiger partial charge in [-0.05, 0) is 43.2 Å². The molecule has 2 aromatic rings. The Labute approximate surface area is 170 Å². The van der Waals surface area contributed by atoms with Crippen LogP contribution in [0.4, 0.5) is 4.79 Å². The Morgan fingerprint density at radius 2 is 2.07 bits per heavy atom. The number of carbonyl (C=O) groups is 1. The topological polar surface area (TPSA) is 91.5 Å². The molecule has 8 heteroatoms. The first-order chi connectivity index (χ1) is 14.0. The van der Waals surface area contributed by atoms with Gasteiger partial charge in [0.05, 0.1) is 23.8 Å². The molecule has 156 valence electrons. The molecule has 3 aliphatic rings. The molecule has 1 aromatic carbocycles. The third-order valence-electron chi connectivity index (χ3n) is 6.73. The van der Waals surface area contributed by atoms with Crippen molar-refractivity contribution in [2.75, 3.05) is 37.7 Å². The lowest BCUT2D eigenvalue weighted by atomic mass is 9.83. The van der Waals surface area contributed by atoms with Crippen molar-refractivity contribution >= 4 is 26.8 Å². The molecule has 5 rings (SSSR count). The van der Waals surface area contributed by atoms with E-state index in [4.69, 9.17) is 4.74 Å². The van der Waals surface area contributed by atoms with Crippen molar-refractivity contribution in [1.29, 1.82) is 0 Å². The average molecular weight is 418 g/mol. The van der Waals surface area contributed by atoms with E-state index in [1.807, 2.05) is 11.0 Å². The number of ether oxygens (including phenoxy) is 1. The number of likely N-dealkylation sites (tertiary alicyclic amines) is 1. The fourth-order valence-corrected chi connectivity index (χ4v) is 6.97. The number of H-pyrrole nitrogens is 1. The molecule has 29 heavy (non-hydrogen) atoms. The third-order valence-corrected chi connectivity index (χ3v) is 8.56. The molecular weight excluding hydrogens is 390 g/mol. The zero-order valence-corrected chi connectivity index (χ0v) is 17.3. The lowest BCUT2D eigenvalue weighted by Crippen LogP contribution is -2.51. The number of carbonyl (C=O) groups excluding carboxylic acids is 1. The summed E-state index contributed by atoms with van der Waals surface area (Å²) in [7, 11) is -2.91. The number of amides is 2. The Hall–Kier alpha value is -2.06. The number of fused-ring (bicyclic) bond motifs is 4. The summed E-state index contributed by atoms with van der Waals surface area (Å²) in [6, 6.07) is 8.28. The van der Waals surface area contributed by atoms with E-state index in [1.54, 1.807) is 0 Å². The van der Waals surface area contributed by atoms with Crippen LogP contribution in [0.15, 0.2) is 24.3 Å². The fraction of sp³-hybridized carbons (Fsp3) is 0.571. The summed E-state index contributed by atoms with van der Waals surface area (Å²) in [6.07, 6.45) is 3.08. The highest BCUT2D eigenvalue weighted by Gasteiger charge is 2.43. The number of benzene rings is 1. The molecule has 0 saturated carbocycles. The fourth-order valence-electron chi connectivity index (χ4n) is 5.11. The Balaban J connectivity index is 1.25. The van der Waals surface area contributed by atoms with E-state index < -0.39 is 9.84 Å². The van der Waals surface area contributed by atoms with Gasteiger partial charge in [0.25, 0.3) is 0 Å². The van der Waals surface area contributed by atoms with Crippen molar-refractivity contribution in [1.82, 2.24) is 15.2 Å². The number of aromatic amines is 1. The number of para-hydroxylation sites is 1. The molecule has 4 heterocycles. The van der Waals surface area contributed by atoms with Crippen LogP contribution >= 0.6 is 0 Å². The lowest BCUT2D eigenvalue weighted by Gasteiger charge is -2.43. The minimum absolute atomic E-state index is 0.0377. The highest BCUT2D eigenvalue weighted by atomic mass is 32.2. The van der Waals surface area contributed by atoms with Crippen LogP contribution in [0.1, 0.15) is 30.5 Å². The molecule has 1 spiro atoms. The molecule has 3 aliphatic heterocycles. The normalized spacial score (nSPS) is 25.2. The Morgan fingerprint density at radius 1 is 1.28 bits per heavy atom. The molecule has 1 aromatic heterocycles. The van der Waals surface area contributed by atoms with Crippen LogP contribution in [0, 0.1) is 5.92 Å². The number of rotatable bonds is 2.